The number of halogens is 1. The number of imide groups is 1. The van der Waals surface area contributed by atoms with Crippen LogP contribution < -0.4 is 5.32 Å². The van der Waals surface area contributed by atoms with E-state index in [4.69, 9.17) is 11.6 Å². The van der Waals surface area contributed by atoms with E-state index in [2.05, 4.69) is 5.32 Å². The molecule has 5 nitrogen and oxygen atoms in total. The predicted molar refractivity (Wildman–Crippen MR) is 100 cm³/mol. The molecule has 1 aliphatic rings. The third-order valence-electron chi connectivity index (χ3n) is 4.23. The van der Waals surface area contributed by atoms with Gasteiger partial charge in [-0.05, 0) is 42.7 Å². The van der Waals surface area contributed by atoms with Gasteiger partial charge in [-0.2, -0.15) is 0 Å². The summed E-state index contributed by atoms with van der Waals surface area (Å²) in [4.78, 5) is 39.5. The Kier molecular flexibility index (Phi) is 5.09. The number of carbonyl (C=O) groups is 3. The Balaban J connectivity index is 1.90. The minimum absolute atomic E-state index is 0.120. The van der Waals surface area contributed by atoms with Crippen LogP contribution in [-0.4, -0.2) is 28.7 Å². The molecule has 2 aromatic carbocycles. The molecule has 1 atom stereocenters. The number of anilines is 1. The SMILES string of the molecule is CC(C)C[C@H](C(=O)Nc1cccc(Cl)c1)N1C(=O)c2ccccc2C1=O. The van der Waals surface area contributed by atoms with E-state index in [1.165, 1.54) is 0 Å². The summed E-state index contributed by atoms with van der Waals surface area (Å²) in [6, 6.07) is 12.5. The molecule has 0 unspecified atom stereocenters. The Labute approximate surface area is 156 Å². The van der Waals surface area contributed by atoms with Crippen molar-refractivity contribution in [1.29, 1.82) is 0 Å². The van der Waals surface area contributed by atoms with Crippen LogP contribution in [0.5, 0.6) is 0 Å². The first-order valence-corrected chi connectivity index (χ1v) is 8.79. The lowest BCUT2D eigenvalue weighted by Gasteiger charge is -2.26. The topological polar surface area (TPSA) is 66.5 Å². The molecule has 3 amide bonds. The second-order valence-corrected chi connectivity index (χ2v) is 7.11. The van der Waals surface area contributed by atoms with Crippen LogP contribution in [0.2, 0.25) is 5.02 Å². The minimum atomic E-state index is -0.888. The average molecular weight is 371 g/mol. The van der Waals surface area contributed by atoms with Gasteiger partial charge in [0.15, 0.2) is 0 Å². The zero-order chi connectivity index (χ0) is 18.8. The van der Waals surface area contributed by atoms with Crippen LogP contribution in [0.25, 0.3) is 0 Å². The molecule has 6 heteroatoms. The molecule has 0 spiro atoms. The molecule has 26 heavy (non-hydrogen) atoms. The number of nitrogens with one attached hydrogen (secondary N) is 1. The molecular formula is C20H19ClN2O3. The van der Waals surface area contributed by atoms with Crippen molar-refractivity contribution in [3.8, 4) is 0 Å². The molecule has 0 fully saturated rings. The lowest BCUT2D eigenvalue weighted by Crippen LogP contribution is -2.47. The number of amides is 3. The summed E-state index contributed by atoms with van der Waals surface area (Å²) < 4.78 is 0. The van der Waals surface area contributed by atoms with Crippen LogP contribution in [0.4, 0.5) is 5.69 Å². The molecule has 1 heterocycles. The molecule has 0 aromatic heterocycles. The van der Waals surface area contributed by atoms with Gasteiger partial charge in [0.25, 0.3) is 11.8 Å². The quantitative estimate of drug-likeness (QED) is 0.809. The number of fused-ring (bicyclic) bond motifs is 1. The van der Waals surface area contributed by atoms with Crippen molar-refractivity contribution < 1.29 is 14.4 Å². The zero-order valence-electron chi connectivity index (χ0n) is 14.5. The monoisotopic (exact) mass is 370 g/mol. The van der Waals surface area contributed by atoms with E-state index in [-0.39, 0.29) is 5.92 Å². The maximum atomic E-state index is 12.9. The Morgan fingerprint density at radius 2 is 1.65 bits per heavy atom. The molecule has 134 valence electrons. The Morgan fingerprint density at radius 3 is 2.19 bits per heavy atom. The van der Waals surface area contributed by atoms with Crippen LogP contribution in [-0.2, 0) is 4.79 Å². The van der Waals surface area contributed by atoms with Crippen LogP contribution in [0.1, 0.15) is 41.0 Å². The van der Waals surface area contributed by atoms with E-state index in [0.717, 1.165) is 4.90 Å². The molecule has 0 saturated heterocycles. The van der Waals surface area contributed by atoms with Gasteiger partial charge in [0, 0.05) is 10.7 Å². The molecule has 1 aliphatic heterocycles. The highest BCUT2D eigenvalue weighted by Gasteiger charge is 2.42. The first-order chi connectivity index (χ1) is 12.4. The lowest BCUT2D eigenvalue weighted by atomic mass is 10.0. The highest BCUT2D eigenvalue weighted by Crippen LogP contribution is 2.27. The van der Waals surface area contributed by atoms with Crippen molar-refractivity contribution in [2.24, 2.45) is 5.92 Å². The molecule has 3 rings (SSSR count). The van der Waals surface area contributed by atoms with Crippen LogP contribution in [0, 0.1) is 5.92 Å². The van der Waals surface area contributed by atoms with Gasteiger partial charge in [-0.15, -0.1) is 0 Å². The molecule has 0 radical (unpaired) electrons. The van der Waals surface area contributed by atoms with E-state index in [1.807, 2.05) is 13.8 Å². The average Bonchev–Trinajstić information content (AvgIpc) is 2.84. The Hall–Kier alpha value is -2.66. The third-order valence-corrected chi connectivity index (χ3v) is 4.46. The molecule has 0 bridgehead atoms. The predicted octanol–water partition coefficient (Wildman–Crippen LogP) is 3.99. The van der Waals surface area contributed by atoms with E-state index < -0.39 is 23.8 Å². The van der Waals surface area contributed by atoms with Crippen LogP contribution >= 0.6 is 11.6 Å². The highest BCUT2D eigenvalue weighted by molar-refractivity contribution is 6.31. The maximum Gasteiger partial charge on any atom is 0.262 e. The maximum absolute atomic E-state index is 12.9. The number of hydrogen-bond donors (Lipinski definition) is 1. The van der Waals surface area contributed by atoms with E-state index in [0.29, 0.717) is 28.3 Å². The lowest BCUT2D eigenvalue weighted by molar-refractivity contribution is -0.120. The number of rotatable bonds is 5. The van der Waals surface area contributed by atoms with Crippen molar-refractivity contribution in [3.63, 3.8) is 0 Å². The van der Waals surface area contributed by atoms with E-state index in [1.54, 1.807) is 48.5 Å². The fourth-order valence-electron chi connectivity index (χ4n) is 3.06. The van der Waals surface area contributed by atoms with E-state index >= 15 is 0 Å². The molecule has 0 aliphatic carbocycles. The third kappa shape index (κ3) is 3.48. The highest BCUT2D eigenvalue weighted by atomic mass is 35.5. The number of nitrogens with zero attached hydrogens (tertiary/aromatic N) is 1. The van der Waals surface area contributed by atoms with Crippen LogP contribution in [0.15, 0.2) is 48.5 Å². The largest absolute Gasteiger partial charge is 0.324 e. The van der Waals surface area contributed by atoms with Crippen molar-refractivity contribution in [3.05, 3.63) is 64.7 Å². The fraction of sp³-hybridized carbons (Fsp3) is 0.250. The molecule has 2 aromatic rings. The van der Waals surface area contributed by atoms with Gasteiger partial charge in [0.1, 0.15) is 6.04 Å². The number of benzene rings is 2. The van der Waals surface area contributed by atoms with E-state index in [9.17, 15) is 14.4 Å². The first kappa shape index (κ1) is 18.1. The van der Waals surface area contributed by atoms with Gasteiger partial charge in [-0.3, -0.25) is 19.3 Å². The van der Waals surface area contributed by atoms with Gasteiger partial charge in [-0.25, -0.2) is 0 Å². The van der Waals surface area contributed by atoms with Gasteiger partial charge >= 0.3 is 0 Å². The second-order valence-electron chi connectivity index (χ2n) is 6.67. The summed E-state index contributed by atoms with van der Waals surface area (Å²) in [5.41, 5.74) is 1.19. The summed E-state index contributed by atoms with van der Waals surface area (Å²) in [5, 5.41) is 3.25. The summed E-state index contributed by atoms with van der Waals surface area (Å²) >= 11 is 5.96. The van der Waals surface area contributed by atoms with Crippen LogP contribution in [0.3, 0.4) is 0 Å². The normalized spacial score (nSPS) is 14.5. The minimum Gasteiger partial charge on any atom is -0.324 e. The molecule has 0 saturated carbocycles. The summed E-state index contributed by atoms with van der Waals surface area (Å²) in [6.07, 6.45) is 0.373. The zero-order valence-corrected chi connectivity index (χ0v) is 15.3. The Bertz CT molecular complexity index is 844. The Morgan fingerprint density at radius 1 is 1.04 bits per heavy atom. The summed E-state index contributed by atoms with van der Waals surface area (Å²) in [5.74, 6) is -1.15. The van der Waals surface area contributed by atoms with Gasteiger partial charge < -0.3 is 5.32 Å². The standard InChI is InChI=1S/C20H19ClN2O3/c1-12(2)10-17(18(24)22-14-7-5-6-13(21)11-14)23-19(25)15-8-3-4-9-16(15)20(23)26/h3-9,11-12,17H,10H2,1-2H3,(H,22,24)/t17-/m1/s1. The van der Waals surface area contributed by atoms with Crippen molar-refractivity contribution >= 4 is 35.0 Å². The van der Waals surface area contributed by atoms with Gasteiger partial charge in [0.2, 0.25) is 5.91 Å². The molecule has 1 N–H and O–H groups in total. The summed E-state index contributed by atoms with van der Waals surface area (Å²) in [6.45, 7) is 3.88. The number of carbonyl (C=O) groups excluding carboxylic acids is 3. The van der Waals surface area contributed by atoms with Crippen molar-refractivity contribution in [2.45, 2.75) is 26.3 Å². The van der Waals surface area contributed by atoms with Crippen molar-refractivity contribution in [2.75, 3.05) is 5.32 Å². The van der Waals surface area contributed by atoms with Gasteiger partial charge in [0.05, 0.1) is 11.1 Å². The number of hydrogen-bond acceptors (Lipinski definition) is 3. The first-order valence-electron chi connectivity index (χ1n) is 8.42. The van der Waals surface area contributed by atoms with Gasteiger partial charge in [-0.1, -0.05) is 43.6 Å². The summed E-state index contributed by atoms with van der Waals surface area (Å²) in [7, 11) is 0. The molecular weight excluding hydrogens is 352 g/mol. The second kappa shape index (κ2) is 7.30. The smallest absolute Gasteiger partial charge is 0.262 e. The fourth-order valence-corrected chi connectivity index (χ4v) is 3.25. The van der Waals surface area contributed by atoms with Crippen molar-refractivity contribution in [1.82, 2.24) is 4.90 Å².